The maximum Gasteiger partial charge on any atom is 0.250 e. The van der Waals surface area contributed by atoms with Gasteiger partial charge in [0.1, 0.15) is 11.8 Å². The van der Waals surface area contributed by atoms with Crippen LogP contribution in [-0.4, -0.2) is 69.8 Å². The van der Waals surface area contributed by atoms with E-state index in [2.05, 4.69) is 31.2 Å². The van der Waals surface area contributed by atoms with Crippen LogP contribution in [0.5, 0.6) is 0 Å². The number of amides is 1. The molecule has 0 aliphatic carbocycles. The maximum atomic E-state index is 12.8. The number of aliphatic hydroxyl groups excluding tert-OH is 2. The summed E-state index contributed by atoms with van der Waals surface area (Å²) in [6.07, 6.45) is -0.572. The number of carbonyl (C=O) groups is 2. The van der Waals surface area contributed by atoms with Crippen molar-refractivity contribution in [3.63, 3.8) is 0 Å². The Hall–Kier alpha value is -1.16. The van der Waals surface area contributed by atoms with Gasteiger partial charge in [0.25, 0.3) is 0 Å². The molecule has 8 nitrogen and oxygen atoms in total. The van der Waals surface area contributed by atoms with Gasteiger partial charge in [-0.2, -0.15) is 11.8 Å². The molecule has 0 radical (unpaired) electrons. The minimum atomic E-state index is -1.04. The SMILES string of the molecule is CCSC(CC(C)(C)C(=O)CCC(C)C)C(C)=NOC1OC(CO)C(C)C(O)C1NC(C)=O. The summed E-state index contributed by atoms with van der Waals surface area (Å²) < 4.78 is 5.80. The van der Waals surface area contributed by atoms with Crippen molar-refractivity contribution < 1.29 is 29.4 Å². The summed E-state index contributed by atoms with van der Waals surface area (Å²) in [5.41, 5.74) is 0.206. The molecule has 1 heterocycles. The van der Waals surface area contributed by atoms with Gasteiger partial charge in [-0.1, -0.05) is 46.7 Å². The van der Waals surface area contributed by atoms with Gasteiger partial charge in [-0.25, -0.2) is 0 Å². The normalized spacial score (nSPS) is 27.4. The second kappa shape index (κ2) is 13.7. The maximum absolute atomic E-state index is 12.8. The molecule has 1 aliphatic rings. The number of oxime groups is 1. The third-order valence-corrected chi connectivity index (χ3v) is 7.42. The summed E-state index contributed by atoms with van der Waals surface area (Å²) in [5, 5.41) is 27.2. The van der Waals surface area contributed by atoms with Crippen molar-refractivity contribution in [1.29, 1.82) is 0 Å². The summed E-state index contributed by atoms with van der Waals surface area (Å²) in [4.78, 5) is 30.2. The molecule has 1 saturated heterocycles. The lowest BCUT2D eigenvalue weighted by Gasteiger charge is -2.41. The highest BCUT2D eigenvalue weighted by Gasteiger charge is 2.45. The number of Topliss-reactive ketones (excluding diaryl/α,β-unsaturated/α-hetero) is 1. The van der Waals surface area contributed by atoms with Crippen LogP contribution in [0.3, 0.4) is 0 Å². The molecule has 0 aromatic heterocycles. The Morgan fingerprint density at radius 3 is 2.42 bits per heavy atom. The van der Waals surface area contributed by atoms with Crippen molar-refractivity contribution in [3.05, 3.63) is 0 Å². The molecule has 6 atom stereocenters. The first-order valence-electron chi connectivity index (χ1n) is 11.9. The molecule has 1 rings (SSSR count). The highest BCUT2D eigenvalue weighted by Crippen LogP contribution is 2.33. The number of ether oxygens (including phenoxy) is 1. The van der Waals surface area contributed by atoms with E-state index in [1.165, 1.54) is 6.92 Å². The first-order valence-corrected chi connectivity index (χ1v) is 13.0. The van der Waals surface area contributed by atoms with Crippen LogP contribution < -0.4 is 5.32 Å². The predicted molar refractivity (Wildman–Crippen MR) is 132 cm³/mol. The molecular weight excluding hydrogens is 444 g/mol. The predicted octanol–water partition coefficient (Wildman–Crippen LogP) is 3.14. The zero-order chi connectivity index (χ0) is 25.3. The van der Waals surface area contributed by atoms with Crippen molar-refractivity contribution in [2.45, 2.75) is 104 Å². The summed E-state index contributed by atoms with van der Waals surface area (Å²) in [7, 11) is 0. The van der Waals surface area contributed by atoms with Gasteiger partial charge in [0.15, 0.2) is 0 Å². The fraction of sp³-hybridized carbons (Fsp3) is 0.875. The van der Waals surface area contributed by atoms with Gasteiger partial charge in [0, 0.05) is 29.9 Å². The molecule has 9 heteroatoms. The number of nitrogens with zero attached hydrogens (tertiary/aromatic N) is 1. The fourth-order valence-electron chi connectivity index (χ4n) is 3.83. The van der Waals surface area contributed by atoms with Crippen LogP contribution in [0, 0.1) is 17.3 Å². The van der Waals surface area contributed by atoms with Crippen LogP contribution >= 0.6 is 11.8 Å². The van der Waals surface area contributed by atoms with E-state index < -0.39 is 35.9 Å². The topological polar surface area (TPSA) is 117 Å². The summed E-state index contributed by atoms with van der Waals surface area (Å²) in [6, 6.07) is -0.816. The molecule has 1 fully saturated rings. The molecule has 0 bridgehead atoms. The first-order chi connectivity index (χ1) is 15.3. The second-order valence-electron chi connectivity index (χ2n) is 10.0. The summed E-state index contributed by atoms with van der Waals surface area (Å²) in [5.74, 6) is 0.863. The van der Waals surface area contributed by atoms with Crippen LogP contribution in [0.15, 0.2) is 5.16 Å². The Labute approximate surface area is 203 Å². The summed E-state index contributed by atoms with van der Waals surface area (Å²) in [6.45, 7) is 14.9. The molecule has 1 aliphatic heterocycles. The van der Waals surface area contributed by atoms with Crippen LogP contribution in [0.25, 0.3) is 0 Å². The molecule has 0 aromatic rings. The molecule has 33 heavy (non-hydrogen) atoms. The molecule has 6 unspecified atom stereocenters. The molecule has 0 aromatic carbocycles. The van der Waals surface area contributed by atoms with E-state index >= 15 is 0 Å². The van der Waals surface area contributed by atoms with E-state index in [1.807, 2.05) is 20.8 Å². The van der Waals surface area contributed by atoms with E-state index in [9.17, 15) is 19.8 Å². The smallest absolute Gasteiger partial charge is 0.250 e. The lowest BCUT2D eigenvalue weighted by atomic mass is 9.80. The van der Waals surface area contributed by atoms with Crippen molar-refractivity contribution in [2.75, 3.05) is 12.4 Å². The average molecular weight is 489 g/mol. The number of hydrogen-bond donors (Lipinski definition) is 3. The van der Waals surface area contributed by atoms with Crippen LogP contribution in [0.2, 0.25) is 0 Å². The van der Waals surface area contributed by atoms with E-state index in [1.54, 1.807) is 18.7 Å². The Morgan fingerprint density at radius 1 is 1.27 bits per heavy atom. The number of nitrogens with one attached hydrogen (secondary N) is 1. The van der Waals surface area contributed by atoms with Crippen molar-refractivity contribution in [2.24, 2.45) is 22.4 Å². The van der Waals surface area contributed by atoms with Crippen LogP contribution in [-0.2, 0) is 19.2 Å². The zero-order valence-electron chi connectivity index (χ0n) is 21.5. The molecule has 3 N–H and O–H groups in total. The molecule has 1 amide bonds. The first kappa shape index (κ1) is 29.9. The average Bonchev–Trinajstić information content (AvgIpc) is 2.73. The van der Waals surface area contributed by atoms with Crippen LogP contribution in [0.1, 0.15) is 74.7 Å². The lowest BCUT2D eigenvalue weighted by molar-refractivity contribution is -0.255. The highest BCUT2D eigenvalue weighted by atomic mass is 32.2. The van der Waals surface area contributed by atoms with Gasteiger partial charge < -0.3 is 25.1 Å². The van der Waals surface area contributed by atoms with Crippen LogP contribution in [0.4, 0.5) is 0 Å². The third-order valence-electron chi connectivity index (χ3n) is 6.18. The monoisotopic (exact) mass is 488 g/mol. The number of rotatable bonds is 13. The minimum absolute atomic E-state index is 0.0340. The van der Waals surface area contributed by atoms with Gasteiger partial charge in [-0.05, 0) is 31.4 Å². The Morgan fingerprint density at radius 2 is 1.91 bits per heavy atom. The van der Waals surface area contributed by atoms with Gasteiger partial charge in [-0.3, -0.25) is 9.59 Å². The quantitative estimate of drug-likeness (QED) is 0.269. The zero-order valence-corrected chi connectivity index (χ0v) is 22.3. The second-order valence-corrected chi connectivity index (χ2v) is 11.5. The molecule has 0 saturated carbocycles. The number of ketones is 1. The fourth-order valence-corrected chi connectivity index (χ4v) is 5.06. The lowest BCUT2D eigenvalue weighted by Crippen LogP contribution is -2.61. The minimum Gasteiger partial charge on any atom is -0.394 e. The number of carbonyl (C=O) groups excluding carboxylic acids is 2. The van der Waals surface area contributed by atoms with Gasteiger partial charge >= 0.3 is 0 Å². The molecular formula is C24H44N2O6S. The number of thioether (sulfide) groups is 1. The number of aliphatic hydroxyl groups is 2. The van der Waals surface area contributed by atoms with Gasteiger partial charge in [-0.15, -0.1) is 0 Å². The van der Waals surface area contributed by atoms with Crippen molar-refractivity contribution in [1.82, 2.24) is 5.32 Å². The molecule has 0 spiro atoms. The highest BCUT2D eigenvalue weighted by molar-refractivity contribution is 8.00. The van der Waals surface area contributed by atoms with Crippen molar-refractivity contribution >= 4 is 29.2 Å². The molecule has 192 valence electrons. The van der Waals surface area contributed by atoms with E-state index in [0.29, 0.717) is 24.5 Å². The Kier molecular flexibility index (Phi) is 12.4. The van der Waals surface area contributed by atoms with E-state index in [0.717, 1.165) is 12.2 Å². The third kappa shape index (κ3) is 9.19. The standard InChI is InChI=1S/C24H44N2O6S/c1-9-33-19(12-24(7,8)20(29)11-10-14(2)3)16(5)26-32-23-21(25-17(6)28)22(30)15(4)18(13-27)31-23/h14-15,18-19,21-23,27,30H,9-13H2,1-8H3,(H,25,28). The summed E-state index contributed by atoms with van der Waals surface area (Å²) >= 11 is 1.69. The van der Waals surface area contributed by atoms with E-state index in [4.69, 9.17) is 9.57 Å². The van der Waals surface area contributed by atoms with Gasteiger partial charge in [0.2, 0.25) is 12.2 Å². The Bertz CT molecular complexity index is 669. The van der Waals surface area contributed by atoms with Crippen molar-refractivity contribution in [3.8, 4) is 0 Å². The van der Waals surface area contributed by atoms with E-state index in [-0.39, 0.29) is 23.5 Å². The largest absolute Gasteiger partial charge is 0.394 e. The Balaban J connectivity index is 2.98. The number of hydrogen-bond acceptors (Lipinski definition) is 8. The van der Waals surface area contributed by atoms with Gasteiger partial charge in [0.05, 0.1) is 24.5 Å².